The smallest absolute Gasteiger partial charge is 0.261 e. The molecule has 2 rings (SSSR count). The van der Waals surface area contributed by atoms with E-state index in [1.807, 2.05) is 12.1 Å². The average molecular weight is 305 g/mol. The highest BCUT2D eigenvalue weighted by Crippen LogP contribution is 2.24. The van der Waals surface area contributed by atoms with Crippen LogP contribution in [0.15, 0.2) is 41.6 Å². The fourth-order valence-electron chi connectivity index (χ4n) is 1.79. The first-order valence-corrected chi connectivity index (χ1v) is 8.09. The van der Waals surface area contributed by atoms with Crippen LogP contribution in [0.25, 0.3) is 0 Å². The zero-order chi connectivity index (χ0) is 15.7. The van der Waals surface area contributed by atoms with Gasteiger partial charge in [0.1, 0.15) is 5.82 Å². The van der Waals surface area contributed by atoms with Gasteiger partial charge < -0.3 is 0 Å². The van der Waals surface area contributed by atoms with Gasteiger partial charge in [0.25, 0.3) is 10.0 Å². The van der Waals surface area contributed by atoms with Crippen LogP contribution in [0.1, 0.15) is 32.2 Å². The van der Waals surface area contributed by atoms with Crippen LogP contribution in [0.5, 0.6) is 0 Å². The van der Waals surface area contributed by atoms with E-state index in [2.05, 4.69) is 35.5 Å². The van der Waals surface area contributed by atoms with Gasteiger partial charge in [0.15, 0.2) is 0 Å². The van der Waals surface area contributed by atoms with Crippen molar-refractivity contribution < 1.29 is 8.42 Å². The van der Waals surface area contributed by atoms with Gasteiger partial charge in [0.2, 0.25) is 0 Å². The highest BCUT2D eigenvalue weighted by atomic mass is 32.2. The fraction of sp³-hybridized carbons (Fsp3) is 0.333. The molecular formula is C15H19N3O2S. The van der Waals surface area contributed by atoms with Gasteiger partial charge in [0.05, 0.1) is 23.0 Å². The topological polar surface area (TPSA) is 72.0 Å². The molecule has 0 aliphatic carbocycles. The summed E-state index contributed by atoms with van der Waals surface area (Å²) >= 11 is 0. The number of anilines is 1. The number of nitrogens with one attached hydrogen (secondary N) is 1. The average Bonchev–Trinajstić information content (AvgIpc) is 2.40. The minimum atomic E-state index is -3.62. The molecule has 112 valence electrons. The van der Waals surface area contributed by atoms with E-state index in [4.69, 9.17) is 0 Å². The van der Waals surface area contributed by atoms with E-state index in [1.54, 1.807) is 19.1 Å². The van der Waals surface area contributed by atoms with Crippen LogP contribution >= 0.6 is 0 Å². The highest BCUT2D eigenvalue weighted by Gasteiger charge is 2.17. The van der Waals surface area contributed by atoms with E-state index in [0.717, 1.165) is 5.56 Å². The van der Waals surface area contributed by atoms with Crippen molar-refractivity contribution in [1.82, 2.24) is 9.97 Å². The molecule has 0 fully saturated rings. The summed E-state index contributed by atoms with van der Waals surface area (Å²) < 4.78 is 27.0. The number of nitrogens with zero attached hydrogens (tertiary/aromatic N) is 2. The third-order valence-electron chi connectivity index (χ3n) is 3.06. The van der Waals surface area contributed by atoms with E-state index >= 15 is 0 Å². The summed E-state index contributed by atoms with van der Waals surface area (Å²) in [6.45, 7) is 7.98. The highest BCUT2D eigenvalue weighted by molar-refractivity contribution is 7.92. The summed E-state index contributed by atoms with van der Waals surface area (Å²) in [6.07, 6.45) is 2.90. The van der Waals surface area contributed by atoms with E-state index in [1.165, 1.54) is 12.4 Å². The predicted molar refractivity (Wildman–Crippen MR) is 82.7 cm³/mol. The second kappa shape index (κ2) is 5.44. The van der Waals surface area contributed by atoms with Gasteiger partial charge in [-0.2, -0.15) is 0 Å². The van der Waals surface area contributed by atoms with Crippen molar-refractivity contribution in [2.75, 3.05) is 4.72 Å². The Hall–Kier alpha value is -1.95. The Bertz CT molecular complexity index is 715. The molecule has 0 saturated carbocycles. The zero-order valence-electron chi connectivity index (χ0n) is 12.6. The van der Waals surface area contributed by atoms with Crippen LogP contribution in [0, 0.1) is 6.92 Å². The van der Waals surface area contributed by atoms with Gasteiger partial charge in [0, 0.05) is 0 Å². The lowest BCUT2D eigenvalue weighted by Gasteiger charge is -2.19. The Morgan fingerprint density at radius 1 is 1.00 bits per heavy atom. The van der Waals surface area contributed by atoms with Crippen LogP contribution < -0.4 is 4.72 Å². The third kappa shape index (κ3) is 3.78. The van der Waals surface area contributed by atoms with Gasteiger partial charge in [-0.1, -0.05) is 32.9 Å². The molecule has 1 aromatic carbocycles. The normalized spacial score (nSPS) is 12.2. The van der Waals surface area contributed by atoms with Crippen LogP contribution in [0.3, 0.4) is 0 Å². The largest absolute Gasteiger partial charge is 0.276 e. The molecule has 6 heteroatoms. The van der Waals surface area contributed by atoms with Crippen molar-refractivity contribution in [2.45, 2.75) is 38.0 Å². The monoisotopic (exact) mass is 305 g/mol. The lowest BCUT2D eigenvalue weighted by Crippen LogP contribution is -2.15. The maximum Gasteiger partial charge on any atom is 0.261 e. The lowest BCUT2D eigenvalue weighted by atomic mass is 9.87. The number of rotatable bonds is 3. The second-order valence-corrected chi connectivity index (χ2v) is 7.58. The van der Waals surface area contributed by atoms with Crippen LogP contribution in [0.2, 0.25) is 0 Å². The van der Waals surface area contributed by atoms with Crippen molar-refractivity contribution in [3.8, 4) is 0 Å². The Balaban J connectivity index is 2.25. The van der Waals surface area contributed by atoms with Gasteiger partial charge in [-0.05, 0) is 30.0 Å². The maximum atomic E-state index is 12.3. The third-order valence-corrected chi connectivity index (χ3v) is 4.46. The quantitative estimate of drug-likeness (QED) is 0.946. The van der Waals surface area contributed by atoms with Crippen molar-refractivity contribution in [3.63, 3.8) is 0 Å². The summed E-state index contributed by atoms with van der Waals surface area (Å²) in [5.74, 6) is 0.590. The summed E-state index contributed by atoms with van der Waals surface area (Å²) in [5, 5.41) is 0. The van der Waals surface area contributed by atoms with Crippen molar-refractivity contribution in [3.05, 3.63) is 48.0 Å². The van der Waals surface area contributed by atoms with E-state index in [0.29, 0.717) is 11.5 Å². The molecular weight excluding hydrogens is 286 g/mol. The number of sulfonamides is 1. The number of hydrogen-bond donors (Lipinski definition) is 1. The van der Waals surface area contributed by atoms with Gasteiger partial charge >= 0.3 is 0 Å². The number of aromatic nitrogens is 2. The summed E-state index contributed by atoms with van der Waals surface area (Å²) in [4.78, 5) is 8.15. The SMILES string of the molecule is Cc1ncc(NS(=O)(=O)c2ccc(C(C)(C)C)cc2)cn1. The number of aryl methyl sites for hydroxylation is 1. The van der Waals surface area contributed by atoms with Crippen molar-refractivity contribution >= 4 is 15.7 Å². The van der Waals surface area contributed by atoms with E-state index in [9.17, 15) is 8.42 Å². The molecule has 1 N–H and O–H groups in total. The van der Waals surface area contributed by atoms with E-state index < -0.39 is 10.0 Å². The van der Waals surface area contributed by atoms with Gasteiger partial charge in [-0.15, -0.1) is 0 Å². The fourth-order valence-corrected chi connectivity index (χ4v) is 2.82. The summed E-state index contributed by atoms with van der Waals surface area (Å²) in [6, 6.07) is 6.89. The molecule has 2 aromatic rings. The van der Waals surface area contributed by atoms with Crippen LogP contribution in [-0.4, -0.2) is 18.4 Å². The Kier molecular flexibility index (Phi) is 4.00. The Morgan fingerprint density at radius 2 is 1.52 bits per heavy atom. The molecule has 1 heterocycles. The molecule has 0 radical (unpaired) electrons. The molecule has 0 bridgehead atoms. The lowest BCUT2D eigenvalue weighted by molar-refractivity contribution is 0.587. The minimum Gasteiger partial charge on any atom is -0.276 e. The summed E-state index contributed by atoms with van der Waals surface area (Å²) in [7, 11) is -3.62. The molecule has 0 saturated heterocycles. The minimum absolute atomic E-state index is 0.0134. The van der Waals surface area contributed by atoms with Crippen LogP contribution in [0.4, 0.5) is 5.69 Å². The molecule has 0 unspecified atom stereocenters. The Morgan fingerprint density at radius 3 is 2.00 bits per heavy atom. The number of benzene rings is 1. The molecule has 0 aliphatic heterocycles. The first kappa shape index (κ1) is 15.4. The molecule has 0 amide bonds. The molecule has 5 nitrogen and oxygen atoms in total. The zero-order valence-corrected chi connectivity index (χ0v) is 13.4. The molecule has 0 atom stereocenters. The molecule has 0 spiro atoms. The standard InChI is InChI=1S/C15H19N3O2S/c1-11-16-9-13(10-17-11)18-21(19,20)14-7-5-12(6-8-14)15(2,3)4/h5-10,18H,1-4H3. The molecule has 21 heavy (non-hydrogen) atoms. The predicted octanol–water partition coefficient (Wildman–Crippen LogP) is 2.88. The first-order chi connectivity index (χ1) is 9.68. The molecule has 1 aromatic heterocycles. The second-order valence-electron chi connectivity index (χ2n) is 5.90. The van der Waals surface area contributed by atoms with Crippen molar-refractivity contribution in [2.24, 2.45) is 0 Å². The Labute approximate surface area is 125 Å². The van der Waals surface area contributed by atoms with Crippen LogP contribution in [-0.2, 0) is 15.4 Å². The summed E-state index contributed by atoms with van der Waals surface area (Å²) in [5.41, 5.74) is 1.42. The first-order valence-electron chi connectivity index (χ1n) is 6.60. The molecule has 0 aliphatic rings. The van der Waals surface area contributed by atoms with Gasteiger partial charge in [-0.3, -0.25) is 4.72 Å². The number of hydrogen-bond acceptors (Lipinski definition) is 4. The van der Waals surface area contributed by atoms with Crippen molar-refractivity contribution in [1.29, 1.82) is 0 Å². The van der Waals surface area contributed by atoms with Gasteiger partial charge in [-0.25, -0.2) is 18.4 Å². The van der Waals surface area contributed by atoms with E-state index in [-0.39, 0.29) is 10.3 Å². The maximum absolute atomic E-state index is 12.3.